The minimum absolute atomic E-state index is 0.657. The molecule has 0 saturated heterocycles. The first-order chi connectivity index (χ1) is 12.2. The zero-order valence-electron chi connectivity index (χ0n) is 14.4. The molecule has 0 unspecified atom stereocenters. The second-order valence-electron chi connectivity index (χ2n) is 5.67. The van der Waals surface area contributed by atoms with Crippen LogP contribution in [0.3, 0.4) is 0 Å². The molecule has 25 heavy (non-hydrogen) atoms. The highest BCUT2D eigenvalue weighted by atomic mass is 32.2. The molecule has 0 fully saturated rings. The second-order valence-corrected chi connectivity index (χ2v) is 7.44. The quantitative estimate of drug-likeness (QED) is 0.549. The van der Waals surface area contributed by atoms with Gasteiger partial charge in [-0.05, 0) is 24.6 Å². The van der Waals surface area contributed by atoms with Gasteiger partial charge in [0.2, 0.25) is 0 Å². The Morgan fingerprint density at radius 1 is 1.04 bits per heavy atom. The molecule has 2 aromatic carbocycles. The van der Waals surface area contributed by atoms with Crippen LogP contribution < -0.4 is 10.6 Å². The summed E-state index contributed by atoms with van der Waals surface area (Å²) in [5.74, 6) is 0.780. The number of benzene rings is 2. The maximum atomic E-state index is 10.1. The summed E-state index contributed by atoms with van der Waals surface area (Å²) in [5, 5.41) is 16.4. The lowest BCUT2D eigenvalue weighted by atomic mass is 9.74. The molecule has 2 aromatic rings. The van der Waals surface area contributed by atoms with Gasteiger partial charge in [0.25, 0.3) is 0 Å². The Morgan fingerprint density at radius 2 is 1.60 bits per heavy atom. The summed E-state index contributed by atoms with van der Waals surface area (Å²) in [6.45, 7) is 1.68. The molecule has 0 radical (unpaired) electrons. The predicted octanol–water partition coefficient (Wildman–Crippen LogP) is 3.71. The van der Waals surface area contributed by atoms with E-state index in [0.29, 0.717) is 6.42 Å². The molecular weight excluding hydrogens is 346 g/mol. The summed E-state index contributed by atoms with van der Waals surface area (Å²) < 4.78 is 0.781. The Hall–Kier alpha value is -1.87. The smallest absolute Gasteiger partial charge is 0.133 e. The van der Waals surface area contributed by atoms with Gasteiger partial charge >= 0.3 is 0 Å². The van der Waals surface area contributed by atoms with Crippen LogP contribution in [0.2, 0.25) is 0 Å². The Labute approximate surface area is 159 Å². The number of hydrogen-bond donors (Lipinski definition) is 2. The molecule has 130 valence electrons. The Balaban J connectivity index is 2.14. The van der Waals surface area contributed by atoms with Gasteiger partial charge in [-0.15, -0.1) is 0 Å². The van der Waals surface area contributed by atoms with Crippen molar-refractivity contribution in [2.24, 2.45) is 0 Å². The minimum atomic E-state index is -0.657. The van der Waals surface area contributed by atoms with E-state index < -0.39 is 5.41 Å². The maximum absolute atomic E-state index is 10.1. The van der Waals surface area contributed by atoms with Crippen LogP contribution in [0.15, 0.2) is 60.7 Å². The third kappa shape index (κ3) is 5.30. The van der Waals surface area contributed by atoms with Gasteiger partial charge in [-0.2, -0.15) is 5.26 Å². The van der Waals surface area contributed by atoms with Gasteiger partial charge in [0, 0.05) is 18.8 Å². The van der Waals surface area contributed by atoms with Gasteiger partial charge in [0.05, 0.1) is 6.07 Å². The third-order valence-corrected chi connectivity index (χ3v) is 5.39. The molecule has 0 heterocycles. The average molecular weight is 370 g/mol. The van der Waals surface area contributed by atoms with Crippen molar-refractivity contribution in [3.05, 3.63) is 71.8 Å². The molecule has 0 spiro atoms. The topological polar surface area (TPSA) is 47.8 Å². The van der Waals surface area contributed by atoms with Crippen molar-refractivity contribution in [3.63, 3.8) is 0 Å². The molecule has 0 atom stereocenters. The van der Waals surface area contributed by atoms with E-state index >= 15 is 0 Å². The summed E-state index contributed by atoms with van der Waals surface area (Å²) >= 11 is 6.97. The Morgan fingerprint density at radius 3 is 2.08 bits per heavy atom. The lowest BCUT2D eigenvalue weighted by Crippen LogP contribution is -2.29. The van der Waals surface area contributed by atoms with Crippen molar-refractivity contribution in [2.45, 2.75) is 11.8 Å². The molecule has 2 rings (SSSR count). The lowest BCUT2D eigenvalue weighted by Gasteiger charge is -2.28. The fraction of sp³-hybridized carbons (Fsp3) is 0.300. The summed E-state index contributed by atoms with van der Waals surface area (Å²) in [7, 11) is 1.92. The van der Waals surface area contributed by atoms with Crippen molar-refractivity contribution in [3.8, 4) is 6.07 Å². The van der Waals surface area contributed by atoms with E-state index in [-0.39, 0.29) is 0 Å². The molecule has 5 heteroatoms. The van der Waals surface area contributed by atoms with Gasteiger partial charge in [-0.25, -0.2) is 0 Å². The van der Waals surface area contributed by atoms with Crippen LogP contribution in [0.4, 0.5) is 0 Å². The van der Waals surface area contributed by atoms with Crippen LogP contribution >= 0.6 is 24.0 Å². The molecule has 3 nitrogen and oxygen atoms in total. The summed E-state index contributed by atoms with van der Waals surface area (Å²) in [6.07, 6.45) is 0.704. The van der Waals surface area contributed by atoms with Gasteiger partial charge < -0.3 is 10.6 Å². The number of hydrogen-bond acceptors (Lipinski definition) is 4. The van der Waals surface area contributed by atoms with Crippen LogP contribution in [0.25, 0.3) is 0 Å². The first-order valence-electron chi connectivity index (χ1n) is 8.30. The van der Waals surface area contributed by atoms with Gasteiger partial charge in [0.1, 0.15) is 9.74 Å². The maximum Gasteiger partial charge on any atom is 0.133 e. The molecule has 0 aromatic heterocycles. The fourth-order valence-corrected chi connectivity index (χ4v) is 3.87. The molecule has 0 aliphatic carbocycles. The number of likely N-dealkylation sites (N-methyl/N-ethyl adjacent to an activating group) is 1. The zero-order valence-corrected chi connectivity index (χ0v) is 16.0. The van der Waals surface area contributed by atoms with Crippen LogP contribution in [0.1, 0.15) is 17.5 Å². The number of nitrogens with zero attached hydrogens (tertiary/aromatic N) is 1. The van der Waals surface area contributed by atoms with E-state index in [2.05, 4.69) is 16.7 Å². The first-order valence-corrected chi connectivity index (χ1v) is 9.70. The van der Waals surface area contributed by atoms with Crippen molar-refractivity contribution in [1.82, 2.24) is 10.6 Å². The predicted molar refractivity (Wildman–Crippen MR) is 111 cm³/mol. The number of nitriles is 1. The van der Waals surface area contributed by atoms with Crippen LogP contribution in [-0.2, 0) is 5.41 Å². The zero-order chi connectivity index (χ0) is 18.0. The third-order valence-electron chi connectivity index (χ3n) is 4.08. The van der Waals surface area contributed by atoms with Crippen molar-refractivity contribution >= 4 is 28.3 Å². The van der Waals surface area contributed by atoms with E-state index in [9.17, 15) is 5.26 Å². The molecule has 0 aliphatic heterocycles. The van der Waals surface area contributed by atoms with Crippen molar-refractivity contribution in [2.75, 3.05) is 25.9 Å². The molecular formula is C20H23N3S2. The summed E-state index contributed by atoms with van der Waals surface area (Å²) in [6, 6.07) is 22.6. The van der Waals surface area contributed by atoms with Crippen LogP contribution in [0.5, 0.6) is 0 Å². The summed E-state index contributed by atoms with van der Waals surface area (Å²) in [5.41, 5.74) is 1.40. The minimum Gasteiger partial charge on any atom is -0.370 e. The normalized spacial score (nSPS) is 10.9. The highest BCUT2D eigenvalue weighted by molar-refractivity contribution is 8.22. The molecule has 2 N–H and O–H groups in total. The lowest BCUT2D eigenvalue weighted by molar-refractivity contribution is 0.638. The SMILES string of the molecule is CNCCNC(=S)SCCC(C#N)(c1ccccc1)c1ccccc1. The first kappa shape index (κ1) is 19.5. The highest BCUT2D eigenvalue weighted by Gasteiger charge is 2.34. The number of thioether (sulfide) groups is 1. The largest absolute Gasteiger partial charge is 0.370 e. The Kier molecular flexibility index (Phi) is 7.93. The van der Waals surface area contributed by atoms with Crippen LogP contribution in [-0.4, -0.2) is 30.2 Å². The van der Waals surface area contributed by atoms with Crippen molar-refractivity contribution < 1.29 is 0 Å². The van der Waals surface area contributed by atoms with Gasteiger partial charge in [0.15, 0.2) is 0 Å². The van der Waals surface area contributed by atoms with Gasteiger partial charge in [-0.3, -0.25) is 0 Å². The standard InChI is InChI=1S/C20H23N3S2/c1-22-13-14-23-19(24)25-15-12-20(16-21,17-8-4-2-5-9-17)18-10-6-3-7-11-18/h2-11,22H,12-15H2,1H3,(H,23,24). The number of nitrogens with one attached hydrogen (secondary N) is 2. The van der Waals surface area contributed by atoms with E-state index in [4.69, 9.17) is 12.2 Å². The summed E-state index contributed by atoms with van der Waals surface area (Å²) in [4.78, 5) is 0. The second kappa shape index (κ2) is 10.2. The Bertz CT molecular complexity index is 656. The fourth-order valence-electron chi connectivity index (χ4n) is 2.72. The van der Waals surface area contributed by atoms with E-state index in [0.717, 1.165) is 34.3 Å². The molecule has 0 saturated carbocycles. The van der Waals surface area contributed by atoms with E-state index in [1.165, 1.54) is 0 Å². The molecule has 0 amide bonds. The van der Waals surface area contributed by atoms with Crippen molar-refractivity contribution in [1.29, 1.82) is 5.26 Å². The number of thiocarbonyl (C=S) groups is 1. The number of rotatable bonds is 8. The van der Waals surface area contributed by atoms with Crippen LogP contribution in [0, 0.1) is 11.3 Å². The molecule has 0 aliphatic rings. The molecule has 0 bridgehead atoms. The monoisotopic (exact) mass is 369 g/mol. The average Bonchev–Trinajstić information content (AvgIpc) is 2.67. The van der Waals surface area contributed by atoms with E-state index in [1.54, 1.807) is 11.8 Å². The highest BCUT2D eigenvalue weighted by Crippen LogP contribution is 2.36. The van der Waals surface area contributed by atoms with E-state index in [1.807, 2.05) is 67.7 Å². The van der Waals surface area contributed by atoms with Gasteiger partial charge in [-0.1, -0.05) is 84.6 Å².